The molecule has 0 aliphatic carbocycles. The van der Waals surface area contributed by atoms with Crippen LogP contribution >= 0.6 is 11.6 Å². The molecule has 1 aliphatic heterocycles. The molecule has 0 bridgehead atoms. The molecule has 5 heteroatoms. The molecule has 0 radical (unpaired) electrons. The Bertz CT molecular complexity index is 774. The molecule has 1 heterocycles. The van der Waals surface area contributed by atoms with Crippen molar-refractivity contribution in [3.63, 3.8) is 0 Å². The maximum absolute atomic E-state index is 12.9. The molecule has 116 valence electrons. The van der Waals surface area contributed by atoms with Crippen LogP contribution in [0, 0.1) is 5.92 Å². The van der Waals surface area contributed by atoms with E-state index in [-0.39, 0.29) is 5.78 Å². The summed E-state index contributed by atoms with van der Waals surface area (Å²) >= 11 is 6.26. The lowest BCUT2D eigenvalue weighted by molar-refractivity contribution is 0.0905. The van der Waals surface area contributed by atoms with Gasteiger partial charge in [-0.25, -0.2) is 4.79 Å². The lowest BCUT2D eigenvalue weighted by Gasteiger charge is -2.34. The molecule has 23 heavy (non-hydrogen) atoms. The van der Waals surface area contributed by atoms with Crippen molar-refractivity contribution in [1.82, 2.24) is 10.6 Å². The predicted octanol–water partition coefficient (Wildman–Crippen LogP) is 3.71. The number of nitrogens with one attached hydrogen (secondary N) is 2. The Balaban J connectivity index is 2.04. The van der Waals surface area contributed by atoms with E-state index in [1.54, 1.807) is 42.5 Å². The van der Waals surface area contributed by atoms with Crippen LogP contribution in [0.4, 0.5) is 4.79 Å². The highest BCUT2D eigenvalue weighted by atomic mass is 35.5. The van der Waals surface area contributed by atoms with Crippen LogP contribution in [0.3, 0.4) is 0 Å². The fraction of sp³-hybridized carbons (Fsp3) is 0.111. The maximum Gasteiger partial charge on any atom is 0.319 e. The van der Waals surface area contributed by atoms with E-state index in [9.17, 15) is 9.59 Å². The summed E-state index contributed by atoms with van der Waals surface area (Å²) in [4.78, 5) is 24.8. The number of ketones is 1. The number of urea groups is 1. The fourth-order valence-corrected chi connectivity index (χ4v) is 3.01. The van der Waals surface area contributed by atoms with Crippen LogP contribution in [0.1, 0.15) is 22.0 Å². The molecule has 4 nitrogen and oxygen atoms in total. The first-order valence-corrected chi connectivity index (χ1v) is 7.55. The van der Waals surface area contributed by atoms with Gasteiger partial charge in [-0.15, -0.1) is 0 Å². The van der Waals surface area contributed by atoms with E-state index in [4.69, 9.17) is 11.6 Å². The van der Waals surface area contributed by atoms with Crippen LogP contribution in [0.25, 0.3) is 0 Å². The van der Waals surface area contributed by atoms with Gasteiger partial charge in [0.15, 0.2) is 5.78 Å². The number of carbonyl (C=O) groups is 2. The van der Waals surface area contributed by atoms with Crippen LogP contribution in [-0.2, 0) is 0 Å². The van der Waals surface area contributed by atoms with Gasteiger partial charge >= 0.3 is 6.03 Å². The van der Waals surface area contributed by atoms with Gasteiger partial charge in [0.1, 0.15) is 0 Å². The zero-order valence-electron chi connectivity index (χ0n) is 12.3. The monoisotopic (exact) mass is 326 g/mol. The fourth-order valence-electron chi connectivity index (χ4n) is 2.76. The standard InChI is InChI=1S/C18H15ClN2O2/c1-11-15(17(22)12-7-3-2-4-8-12)16(21-18(23)20-11)13-9-5-6-10-14(13)19/h2-10,15-16H,1H2,(H2,20,21,23)/t15-,16-/m1/s1. The van der Waals surface area contributed by atoms with E-state index in [1.165, 1.54) is 0 Å². The first kappa shape index (κ1) is 15.3. The second-order valence-electron chi connectivity index (χ2n) is 5.33. The van der Waals surface area contributed by atoms with Crippen molar-refractivity contribution in [2.75, 3.05) is 0 Å². The molecule has 0 saturated carbocycles. The minimum absolute atomic E-state index is 0.118. The quantitative estimate of drug-likeness (QED) is 0.845. The van der Waals surface area contributed by atoms with Crippen molar-refractivity contribution >= 4 is 23.4 Å². The third kappa shape index (κ3) is 2.98. The zero-order valence-corrected chi connectivity index (χ0v) is 13.0. The number of Topliss-reactive ketones (excluding diaryl/α,β-unsaturated/α-hetero) is 1. The summed E-state index contributed by atoms with van der Waals surface area (Å²) in [6.45, 7) is 3.86. The molecule has 2 N–H and O–H groups in total. The first-order chi connectivity index (χ1) is 11.1. The normalized spacial score (nSPS) is 20.6. The van der Waals surface area contributed by atoms with Crippen LogP contribution in [0.15, 0.2) is 66.9 Å². The second-order valence-corrected chi connectivity index (χ2v) is 5.74. The molecule has 2 amide bonds. The van der Waals surface area contributed by atoms with Gasteiger partial charge in [0, 0.05) is 16.3 Å². The van der Waals surface area contributed by atoms with Crippen LogP contribution in [-0.4, -0.2) is 11.8 Å². The molecule has 1 fully saturated rings. The third-order valence-electron chi connectivity index (χ3n) is 3.85. The van der Waals surface area contributed by atoms with Gasteiger partial charge in [-0.1, -0.05) is 66.7 Å². The number of hydrogen-bond acceptors (Lipinski definition) is 2. The lowest BCUT2D eigenvalue weighted by atomic mass is 9.83. The molecule has 0 aromatic heterocycles. The lowest BCUT2D eigenvalue weighted by Crippen LogP contribution is -2.50. The number of amides is 2. The average molecular weight is 327 g/mol. The highest BCUT2D eigenvalue weighted by Gasteiger charge is 2.38. The summed E-state index contributed by atoms with van der Waals surface area (Å²) in [5, 5.41) is 5.88. The highest BCUT2D eigenvalue weighted by Crippen LogP contribution is 2.35. The van der Waals surface area contributed by atoms with Gasteiger partial charge in [-0.05, 0) is 11.6 Å². The smallest absolute Gasteiger partial charge is 0.319 e. The summed E-state index contributed by atoms with van der Waals surface area (Å²) in [6.07, 6.45) is 0. The largest absolute Gasteiger partial charge is 0.330 e. The van der Waals surface area contributed by atoms with Gasteiger partial charge in [-0.2, -0.15) is 0 Å². The molecular formula is C18H15ClN2O2. The Kier molecular flexibility index (Phi) is 4.17. The molecule has 1 aliphatic rings. The van der Waals surface area contributed by atoms with Gasteiger partial charge in [0.05, 0.1) is 12.0 Å². The Labute approximate surface area is 139 Å². The summed E-state index contributed by atoms with van der Waals surface area (Å²) < 4.78 is 0. The van der Waals surface area contributed by atoms with Crippen LogP contribution < -0.4 is 10.6 Å². The van der Waals surface area contributed by atoms with Gasteiger partial charge < -0.3 is 10.6 Å². The first-order valence-electron chi connectivity index (χ1n) is 7.18. The molecular weight excluding hydrogens is 312 g/mol. The number of rotatable bonds is 3. The average Bonchev–Trinajstić information content (AvgIpc) is 2.55. The summed E-state index contributed by atoms with van der Waals surface area (Å²) in [7, 11) is 0. The van der Waals surface area contributed by atoms with Crippen LogP contribution in [0.2, 0.25) is 5.02 Å². The Hall–Kier alpha value is -2.59. The van der Waals surface area contributed by atoms with Crippen molar-refractivity contribution in [2.45, 2.75) is 6.04 Å². The van der Waals surface area contributed by atoms with Gasteiger partial charge in [0.25, 0.3) is 0 Å². The van der Waals surface area contributed by atoms with Crippen molar-refractivity contribution < 1.29 is 9.59 Å². The predicted molar refractivity (Wildman–Crippen MR) is 89.3 cm³/mol. The number of benzene rings is 2. The molecule has 3 rings (SSSR count). The van der Waals surface area contributed by atoms with Crippen molar-refractivity contribution in [2.24, 2.45) is 5.92 Å². The van der Waals surface area contributed by atoms with Crippen LogP contribution in [0.5, 0.6) is 0 Å². The van der Waals surface area contributed by atoms with E-state index in [1.807, 2.05) is 12.1 Å². The number of carbonyl (C=O) groups excluding carboxylic acids is 2. The zero-order chi connectivity index (χ0) is 16.4. The number of halogens is 1. The Morgan fingerprint density at radius 1 is 1.04 bits per heavy atom. The SMILES string of the molecule is C=C1NC(=O)N[C@H](c2ccccc2Cl)[C@@H]1C(=O)c1ccccc1. The van der Waals surface area contributed by atoms with Gasteiger partial charge in [0.2, 0.25) is 0 Å². The Morgan fingerprint density at radius 3 is 2.39 bits per heavy atom. The maximum atomic E-state index is 12.9. The molecule has 0 spiro atoms. The molecule has 2 aromatic carbocycles. The van der Waals surface area contributed by atoms with Crippen molar-refractivity contribution in [3.8, 4) is 0 Å². The van der Waals surface area contributed by atoms with E-state index in [0.717, 1.165) is 0 Å². The highest BCUT2D eigenvalue weighted by molar-refractivity contribution is 6.31. The second kappa shape index (κ2) is 6.26. The molecule has 0 unspecified atom stereocenters. The third-order valence-corrected chi connectivity index (χ3v) is 4.19. The molecule has 1 saturated heterocycles. The van der Waals surface area contributed by atoms with Crippen molar-refractivity contribution in [3.05, 3.63) is 83.0 Å². The van der Waals surface area contributed by atoms with Gasteiger partial charge in [-0.3, -0.25) is 4.79 Å². The van der Waals surface area contributed by atoms with E-state index in [2.05, 4.69) is 17.2 Å². The van der Waals surface area contributed by atoms with E-state index < -0.39 is 18.0 Å². The van der Waals surface area contributed by atoms with Crippen molar-refractivity contribution in [1.29, 1.82) is 0 Å². The van der Waals surface area contributed by atoms with E-state index >= 15 is 0 Å². The molecule has 2 atom stereocenters. The minimum Gasteiger partial charge on any atom is -0.330 e. The summed E-state index contributed by atoms with van der Waals surface area (Å²) in [6, 6.07) is 15.2. The topological polar surface area (TPSA) is 58.2 Å². The number of hydrogen-bond donors (Lipinski definition) is 2. The summed E-state index contributed by atoms with van der Waals surface area (Å²) in [5.41, 5.74) is 1.63. The van der Waals surface area contributed by atoms with E-state index in [0.29, 0.717) is 21.8 Å². The minimum atomic E-state index is -0.630. The summed E-state index contributed by atoms with van der Waals surface area (Å²) in [5.74, 6) is -0.747. The molecule has 2 aromatic rings. The Morgan fingerprint density at radius 2 is 1.70 bits per heavy atom.